The molecular formula is C29H34ClN3O4S. The van der Waals surface area contributed by atoms with E-state index < -0.39 is 28.5 Å². The average molecular weight is 556 g/mol. The number of nitrogens with one attached hydrogen (secondary N) is 1. The Kier molecular flexibility index (Phi) is 9.94. The van der Waals surface area contributed by atoms with Crippen LogP contribution in [0, 0.1) is 6.92 Å². The molecule has 0 heterocycles. The maximum atomic E-state index is 14.0. The number of rotatable bonds is 11. The molecule has 0 unspecified atom stereocenters. The molecule has 3 aromatic rings. The summed E-state index contributed by atoms with van der Waals surface area (Å²) in [5.74, 6) is -0.767. The van der Waals surface area contributed by atoms with Crippen molar-refractivity contribution in [1.29, 1.82) is 0 Å². The molecule has 3 aromatic carbocycles. The topological polar surface area (TPSA) is 86.8 Å². The largest absolute Gasteiger partial charge is 0.352 e. The summed E-state index contributed by atoms with van der Waals surface area (Å²) in [5.41, 5.74) is 2.19. The highest BCUT2D eigenvalue weighted by Gasteiger charge is 2.34. The summed E-state index contributed by atoms with van der Waals surface area (Å²) in [6, 6.07) is 21.0. The first-order valence-corrected chi connectivity index (χ1v) is 14.3. The number of amides is 2. The van der Waals surface area contributed by atoms with Gasteiger partial charge in [0, 0.05) is 17.6 Å². The summed E-state index contributed by atoms with van der Waals surface area (Å²) in [6.07, 6.45) is 0.367. The lowest BCUT2D eigenvalue weighted by molar-refractivity contribution is -0.140. The normalized spacial score (nSPS) is 12.2. The van der Waals surface area contributed by atoms with Gasteiger partial charge in [0.05, 0.1) is 10.6 Å². The van der Waals surface area contributed by atoms with E-state index in [1.54, 1.807) is 30.3 Å². The zero-order valence-corrected chi connectivity index (χ0v) is 23.7. The molecule has 0 radical (unpaired) electrons. The van der Waals surface area contributed by atoms with E-state index in [0.29, 0.717) is 17.1 Å². The highest BCUT2D eigenvalue weighted by molar-refractivity contribution is 7.92. The molecular weight excluding hydrogens is 522 g/mol. The van der Waals surface area contributed by atoms with Crippen molar-refractivity contribution < 1.29 is 18.0 Å². The molecule has 0 aliphatic rings. The third-order valence-electron chi connectivity index (χ3n) is 6.14. The van der Waals surface area contributed by atoms with Crippen molar-refractivity contribution in [2.75, 3.05) is 10.8 Å². The molecule has 38 heavy (non-hydrogen) atoms. The monoisotopic (exact) mass is 555 g/mol. The van der Waals surface area contributed by atoms with Gasteiger partial charge in [-0.2, -0.15) is 0 Å². The van der Waals surface area contributed by atoms with Crippen molar-refractivity contribution in [3.63, 3.8) is 0 Å². The minimum absolute atomic E-state index is 0.00796. The summed E-state index contributed by atoms with van der Waals surface area (Å²) in [6.45, 7) is 7.17. The second-order valence-corrected chi connectivity index (χ2v) is 11.6. The van der Waals surface area contributed by atoms with Crippen LogP contribution in [0.1, 0.15) is 38.3 Å². The van der Waals surface area contributed by atoms with Gasteiger partial charge in [0.2, 0.25) is 11.8 Å². The summed E-state index contributed by atoms with van der Waals surface area (Å²) in [7, 11) is -4.13. The number of anilines is 1. The van der Waals surface area contributed by atoms with Crippen LogP contribution in [0.3, 0.4) is 0 Å². The summed E-state index contributed by atoms with van der Waals surface area (Å²) >= 11 is 5.98. The van der Waals surface area contributed by atoms with Crippen LogP contribution in [-0.4, -0.2) is 43.8 Å². The Morgan fingerprint density at radius 1 is 0.921 bits per heavy atom. The number of halogens is 1. The molecule has 0 saturated heterocycles. The van der Waals surface area contributed by atoms with Crippen LogP contribution >= 0.6 is 11.6 Å². The van der Waals surface area contributed by atoms with Crippen molar-refractivity contribution in [2.45, 2.75) is 57.6 Å². The molecule has 9 heteroatoms. The summed E-state index contributed by atoms with van der Waals surface area (Å²) < 4.78 is 28.6. The number of nitrogens with zero attached hydrogens (tertiary/aromatic N) is 2. The standard InChI is InChI=1S/C29H34ClN3O4S/c1-5-27(29(35)31-21(2)3)32(19-23-12-10-9-11-22(23)4)28(34)20-33(25-13-7-6-8-14-25)38(36,37)26-17-15-24(30)16-18-26/h6-18,21,27H,5,19-20H2,1-4H3,(H,31,35)/t27-/m0/s1. The zero-order chi connectivity index (χ0) is 27.9. The van der Waals surface area contributed by atoms with E-state index in [0.717, 1.165) is 15.4 Å². The molecule has 3 rings (SSSR count). The number of sulfonamides is 1. The number of hydrogen-bond acceptors (Lipinski definition) is 4. The summed E-state index contributed by atoms with van der Waals surface area (Å²) in [4.78, 5) is 28.6. The molecule has 1 atom stereocenters. The third kappa shape index (κ3) is 7.14. The smallest absolute Gasteiger partial charge is 0.264 e. The van der Waals surface area contributed by atoms with Gasteiger partial charge in [-0.05, 0) is 74.7 Å². The minimum Gasteiger partial charge on any atom is -0.352 e. The molecule has 0 aromatic heterocycles. The van der Waals surface area contributed by atoms with Gasteiger partial charge in [0.15, 0.2) is 0 Å². The molecule has 0 saturated carbocycles. The van der Waals surface area contributed by atoms with Crippen molar-refractivity contribution >= 4 is 39.1 Å². The Morgan fingerprint density at radius 2 is 1.53 bits per heavy atom. The molecule has 1 N–H and O–H groups in total. The maximum Gasteiger partial charge on any atom is 0.264 e. The number of para-hydroxylation sites is 1. The number of carbonyl (C=O) groups excluding carboxylic acids is 2. The van der Waals surface area contributed by atoms with Crippen LogP contribution in [-0.2, 0) is 26.2 Å². The quantitative estimate of drug-likeness (QED) is 0.353. The Balaban J connectivity index is 2.05. The highest BCUT2D eigenvalue weighted by Crippen LogP contribution is 2.26. The molecule has 0 bridgehead atoms. The average Bonchev–Trinajstić information content (AvgIpc) is 2.88. The van der Waals surface area contributed by atoms with Gasteiger partial charge in [0.25, 0.3) is 10.0 Å². The van der Waals surface area contributed by atoms with E-state index in [1.807, 2.05) is 52.0 Å². The second-order valence-electron chi connectivity index (χ2n) is 9.34. The van der Waals surface area contributed by atoms with E-state index in [4.69, 9.17) is 11.6 Å². The minimum atomic E-state index is -4.13. The first kappa shape index (κ1) is 29.2. The molecule has 2 amide bonds. The van der Waals surface area contributed by atoms with Gasteiger partial charge >= 0.3 is 0 Å². The molecule has 7 nitrogen and oxygen atoms in total. The highest BCUT2D eigenvalue weighted by atomic mass is 35.5. The fourth-order valence-electron chi connectivity index (χ4n) is 4.13. The first-order valence-electron chi connectivity index (χ1n) is 12.5. The first-order chi connectivity index (χ1) is 18.0. The molecule has 0 spiro atoms. The lowest BCUT2D eigenvalue weighted by atomic mass is 10.1. The van der Waals surface area contributed by atoms with Crippen LogP contribution in [0.2, 0.25) is 5.02 Å². The van der Waals surface area contributed by atoms with Crippen molar-refractivity contribution in [1.82, 2.24) is 10.2 Å². The maximum absolute atomic E-state index is 14.0. The Labute approximate surface area is 230 Å². The van der Waals surface area contributed by atoms with Crippen molar-refractivity contribution in [3.8, 4) is 0 Å². The van der Waals surface area contributed by atoms with Crippen molar-refractivity contribution in [3.05, 3.63) is 95.0 Å². The number of benzene rings is 3. The molecule has 0 aliphatic carbocycles. The van der Waals surface area contributed by atoms with E-state index in [9.17, 15) is 18.0 Å². The Hall–Kier alpha value is -3.36. The van der Waals surface area contributed by atoms with E-state index in [-0.39, 0.29) is 23.4 Å². The predicted molar refractivity (Wildman–Crippen MR) is 152 cm³/mol. The van der Waals surface area contributed by atoms with Crippen molar-refractivity contribution in [2.24, 2.45) is 0 Å². The summed E-state index contributed by atoms with van der Waals surface area (Å²) in [5, 5.41) is 3.30. The van der Waals surface area contributed by atoms with Gasteiger partial charge in [-0.1, -0.05) is 61.0 Å². The van der Waals surface area contributed by atoms with Crippen LogP contribution in [0.4, 0.5) is 5.69 Å². The lowest BCUT2D eigenvalue weighted by Crippen LogP contribution is -2.53. The predicted octanol–water partition coefficient (Wildman–Crippen LogP) is 5.18. The van der Waals surface area contributed by atoms with Gasteiger partial charge in [-0.25, -0.2) is 8.42 Å². The number of aryl methyl sites for hydroxylation is 1. The molecule has 202 valence electrons. The van der Waals surface area contributed by atoms with E-state index in [2.05, 4.69) is 5.32 Å². The van der Waals surface area contributed by atoms with Crippen LogP contribution < -0.4 is 9.62 Å². The fourth-order valence-corrected chi connectivity index (χ4v) is 5.67. The third-order valence-corrected chi connectivity index (χ3v) is 8.18. The van der Waals surface area contributed by atoms with Crippen LogP contribution in [0.15, 0.2) is 83.8 Å². The van der Waals surface area contributed by atoms with Gasteiger partial charge in [0.1, 0.15) is 12.6 Å². The lowest BCUT2D eigenvalue weighted by Gasteiger charge is -2.34. The van der Waals surface area contributed by atoms with Gasteiger partial charge < -0.3 is 10.2 Å². The second kappa shape index (κ2) is 12.9. The number of carbonyl (C=O) groups is 2. The van der Waals surface area contributed by atoms with Crippen LogP contribution in [0.5, 0.6) is 0 Å². The van der Waals surface area contributed by atoms with Gasteiger partial charge in [-0.15, -0.1) is 0 Å². The Bertz CT molecular complexity index is 1350. The fraction of sp³-hybridized carbons (Fsp3) is 0.310. The zero-order valence-electron chi connectivity index (χ0n) is 22.1. The van der Waals surface area contributed by atoms with E-state index in [1.165, 1.54) is 29.2 Å². The van der Waals surface area contributed by atoms with E-state index >= 15 is 0 Å². The molecule has 0 fully saturated rings. The number of hydrogen-bond donors (Lipinski definition) is 1. The SMILES string of the molecule is CC[C@@H](C(=O)NC(C)C)N(Cc1ccccc1C)C(=O)CN(c1ccccc1)S(=O)(=O)c1ccc(Cl)cc1. The van der Waals surface area contributed by atoms with Gasteiger partial charge in [-0.3, -0.25) is 13.9 Å². The molecule has 0 aliphatic heterocycles. The van der Waals surface area contributed by atoms with Crippen LogP contribution in [0.25, 0.3) is 0 Å². The Morgan fingerprint density at radius 3 is 2.11 bits per heavy atom.